The van der Waals surface area contributed by atoms with E-state index in [1.807, 2.05) is 35.2 Å². The number of ether oxygens (including phenoxy) is 1. The van der Waals surface area contributed by atoms with Gasteiger partial charge in [0, 0.05) is 13.1 Å². The van der Waals surface area contributed by atoms with Gasteiger partial charge >= 0.3 is 0 Å². The SMILES string of the molecule is O=C(c1cc2c(cn1)OCCC2)N1CCC[C@H](c2nc3ccccc3o2)C1. The smallest absolute Gasteiger partial charge is 0.272 e. The van der Waals surface area contributed by atoms with E-state index < -0.39 is 0 Å². The molecule has 2 aliphatic rings. The molecule has 0 spiro atoms. The molecule has 0 unspecified atom stereocenters. The predicted molar refractivity (Wildman–Crippen MR) is 99.9 cm³/mol. The standard InChI is InChI=1S/C21H21N3O3/c25-21(17-11-14-6-4-10-26-19(14)12-22-17)24-9-3-5-15(13-24)20-23-16-7-1-2-8-18(16)27-20/h1-2,7-8,11-12,15H,3-6,9-10,13H2/t15-/m0/s1. The Morgan fingerprint density at radius 1 is 1.22 bits per heavy atom. The van der Waals surface area contributed by atoms with Crippen molar-refractivity contribution in [3.8, 4) is 5.75 Å². The zero-order valence-electron chi connectivity index (χ0n) is 15.1. The molecule has 138 valence electrons. The lowest BCUT2D eigenvalue weighted by atomic mass is 9.97. The van der Waals surface area contributed by atoms with E-state index in [4.69, 9.17) is 9.15 Å². The van der Waals surface area contributed by atoms with E-state index in [2.05, 4.69) is 9.97 Å². The number of likely N-dealkylation sites (tertiary alicyclic amines) is 1. The van der Waals surface area contributed by atoms with Crippen LogP contribution >= 0.6 is 0 Å². The van der Waals surface area contributed by atoms with Crippen molar-refractivity contribution in [1.29, 1.82) is 0 Å². The highest BCUT2D eigenvalue weighted by molar-refractivity contribution is 5.92. The highest BCUT2D eigenvalue weighted by Crippen LogP contribution is 2.30. The number of pyridine rings is 1. The molecule has 1 amide bonds. The maximum absolute atomic E-state index is 13.0. The van der Waals surface area contributed by atoms with E-state index >= 15 is 0 Å². The first-order chi connectivity index (χ1) is 13.3. The third kappa shape index (κ3) is 3.05. The van der Waals surface area contributed by atoms with Crippen LogP contribution in [-0.4, -0.2) is 40.5 Å². The molecule has 0 saturated carbocycles. The first-order valence-electron chi connectivity index (χ1n) is 9.54. The molecule has 2 aliphatic heterocycles. The first-order valence-corrected chi connectivity index (χ1v) is 9.54. The summed E-state index contributed by atoms with van der Waals surface area (Å²) >= 11 is 0. The minimum Gasteiger partial charge on any atom is -0.492 e. The molecule has 6 heteroatoms. The Balaban J connectivity index is 1.36. The number of oxazole rings is 1. The number of piperidine rings is 1. The fraction of sp³-hybridized carbons (Fsp3) is 0.381. The van der Waals surface area contributed by atoms with Gasteiger partial charge in [0.25, 0.3) is 5.91 Å². The minimum absolute atomic E-state index is 0.0239. The lowest BCUT2D eigenvalue weighted by Crippen LogP contribution is -2.39. The van der Waals surface area contributed by atoms with Gasteiger partial charge in [-0.1, -0.05) is 12.1 Å². The average Bonchev–Trinajstić information content (AvgIpc) is 3.17. The summed E-state index contributed by atoms with van der Waals surface area (Å²) in [6.07, 6.45) is 5.51. The number of rotatable bonds is 2. The van der Waals surface area contributed by atoms with Gasteiger partial charge in [0.05, 0.1) is 18.7 Å². The molecule has 1 fully saturated rings. The van der Waals surface area contributed by atoms with Crippen LogP contribution in [0.2, 0.25) is 0 Å². The second-order valence-electron chi connectivity index (χ2n) is 7.24. The van der Waals surface area contributed by atoms with Crippen LogP contribution < -0.4 is 4.74 Å². The van der Waals surface area contributed by atoms with E-state index in [0.717, 1.165) is 67.1 Å². The van der Waals surface area contributed by atoms with Crippen LogP contribution in [0.1, 0.15) is 47.1 Å². The Morgan fingerprint density at radius 3 is 3.07 bits per heavy atom. The number of hydrogen-bond acceptors (Lipinski definition) is 5. The normalized spacial score (nSPS) is 19.6. The Labute approximate surface area is 157 Å². The van der Waals surface area contributed by atoms with Gasteiger partial charge in [-0.15, -0.1) is 0 Å². The summed E-state index contributed by atoms with van der Waals surface area (Å²) in [5.74, 6) is 1.63. The molecule has 2 aromatic heterocycles. The quantitative estimate of drug-likeness (QED) is 0.696. The van der Waals surface area contributed by atoms with Gasteiger partial charge in [0.2, 0.25) is 0 Å². The highest BCUT2D eigenvalue weighted by atomic mass is 16.5. The molecule has 0 radical (unpaired) electrons. The summed E-state index contributed by atoms with van der Waals surface area (Å²) in [5, 5.41) is 0. The first kappa shape index (κ1) is 16.3. The van der Waals surface area contributed by atoms with Gasteiger partial charge in [-0.25, -0.2) is 9.97 Å². The molecule has 0 aliphatic carbocycles. The van der Waals surface area contributed by atoms with Crippen LogP contribution in [0.4, 0.5) is 0 Å². The summed E-state index contributed by atoms with van der Waals surface area (Å²) < 4.78 is 11.5. The Hall–Kier alpha value is -2.89. The van der Waals surface area contributed by atoms with Crippen LogP contribution in [-0.2, 0) is 6.42 Å². The second-order valence-corrected chi connectivity index (χ2v) is 7.24. The number of amides is 1. The van der Waals surface area contributed by atoms with Gasteiger partial charge in [-0.2, -0.15) is 0 Å². The second kappa shape index (κ2) is 6.68. The number of aromatic nitrogens is 2. The predicted octanol–water partition coefficient (Wildman–Crippen LogP) is 3.57. The Kier molecular flexibility index (Phi) is 4.03. The van der Waals surface area contributed by atoms with Crippen molar-refractivity contribution in [2.45, 2.75) is 31.6 Å². The number of fused-ring (bicyclic) bond motifs is 2. The molecule has 4 heterocycles. The summed E-state index contributed by atoms with van der Waals surface area (Å²) in [7, 11) is 0. The van der Waals surface area contributed by atoms with Gasteiger partial charge in [-0.05, 0) is 49.4 Å². The van der Waals surface area contributed by atoms with Gasteiger partial charge < -0.3 is 14.1 Å². The van der Waals surface area contributed by atoms with E-state index in [0.29, 0.717) is 12.2 Å². The molecule has 0 N–H and O–H groups in total. The van der Waals surface area contributed by atoms with Crippen molar-refractivity contribution in [2.24, 2.45) is 0 Å². The largest absolute Gasteiger partial charge is 0.492 e. The van der Waals surface area contributed by atoms with Crippen LogP contribution in [0.25, 0.3) is 11.1 Å². The monoisotopic (exact) mass is 363 g/mol. The molecular formula is C21H21N3O3. The summed E-state index contributed by atoms with van der Waals surface area (Å²) in [6, 6.07) is 9.67. The number of benzene rings is 1. The lowest BCUT2D eigenvalue weighted by molar-refractivity contribution is 0.0692. The van der Waals surface area contributed by atoms with Crippen LogP contribution in [0.5, 0.6) is 5.75 Å². The summed E-state index contributed by atoms with van der Waals surface area (Å²) in [6.45, 7) is 2.08. The number of nitrogens with zero attached hydrogens (tertiary/aromatic N) is 3. The number of aryl methyl sites for hydroxylation is 1. The number of carbonyl (C=O) groups is 1. The molecule has 27 heavy (non-hydrogen) atoms. The Morgan fingerprint density at radius 2 is 2.15 bits per heavy atom. The highest BCUT2D eigenvalue weighted by Gasteiger charge is 2.29. The van der Waals surface area contributed by atoms with Crippen molar-refractivity contribution in [3.63, 3.8) is 0 Å². The third-order valence-electron chi connectivity index (χ3n) is 5.38. The fourth-order valence-electron chi connectivity index (χ4n) is 3.96. The maximum Gasteiger partial charge on any atom is 0.272 e. The number of para-hydroxylation sites is 2. The molecule has 5 rings (SSSR count). The van der Waals surface area contributed by atoms with Crippen LogP contribution in [0.3, 0.4) is 0 Å². The van der Waals surface area contributed by atoms with Crippen molar-refractivity contribution >= 4 is 17.0 Å². The van der Waals surface area contributed by atoms with E-state index in [-0.39, 0.29) is 11.8 Å². The maximum atomic E-state index is 13.0. The van der Waals surface area contributed by atoms with Crippen LogP contribution in [0.15, 0.2) is 40.9 Å². The molecule has 1 aromatic carbocycles. The molecule has 3 aromatic rings. The third-order valence-corrected chi connectivity index (χ3v) is 5.38. The molecule has 1 saturated heterocycles. The molecular weight excluding hydrogens is 342 g/mol. The van der Waals surface area contributed by atoms with Crippen molar-refractivity contribution in [3.05, 3.63) is 53.7 Å². The number of carbonyl (C=O) groups excluding carboxylic acids is 1. The molecule has 6 nitrogen and oxygen atoms in total. The molecule has 1 atom stereocenters. The summed E-state index contributed by atoms with van der Waals surface area (Å²) in [4.78, 5) is 23.9. The van der Waals surface area contributed by atoms with Gasteiger partial charge in [-0.3, -0.25) is 4.79 Å². The number of hydrogen-bond donors (Lipinski definition) is 0. The van der Waals surface area contributed by atoms with Crippen molar-refractivity contribution in [2.75, 3.05) is 19.7 Å². The van der Waals surface area contributed by atoms with Crippen molar-refractivity contribution in [1.82, 2.24) is 14.9 Å². The fourth-order valence-corrected chi connectivity index (χ4v) is 3.96. The zero-order chi connectivity index (χ0) is 18.2. The Bertz CT molecular complexity index is 964. The summed E-state index contributed by atoms with van der Waals surface area (Å²) in [5.41, 5.74) is 3.24. The van der Waals surface area contributed by atoms with Gasteiger partial charge in [0.15, 0.2) is 11.5 Å². The van der Waals surface area contributed by atoms with E-state index in [1.165, 1.54) is 0 Å². The van der Waals surface area contributed by atoms with E-state index in [9.17, 15) is 4.79 Å². The van der Waals surface area contributed by atoms with Crippen molar-refractivity contribution < 1.29 is 13.9 Å². The minimum atomic E-state index is -0.0239. The topological polar surface area (TPSA) is 68.5 Å². The lowest BCUT2D eigenvalue weighted by Gasteiger charge is -2.31. The van der Waals surface area contributed by atoms with Gasteiger partial charge in [0.1, 0.15) is 17.0 Å². The zero-order valence-corrected chi connectivity index (χ0v) is 15.1. The van der Waals surface area contributed by atoms with E-state index in [1.54, 1.807) is 6.20 Å². The average molecular weight is 363 g/mol. The van der Waals surface area contributed by atoms with Crippen LogP contribution in [0, 0.1) is 0 Å². The molecule has 0 bridgehead atoms.